The summed E-state index contributed by atoms with van der Waals surface area (Å²) in [6, 6.07) is 0. The van der Waals surface area contributed by atoms with Gasteiger partial charge in [0.25, 0.3) is 0 Å². The highest BCUT2D eigenvalue weighted by Gasteiger charge is 2.41. The Kier molecular flexibility index (Phi) is 7.01. The van der Waals surface area contributed by atoms with Gasteiger partial charge in [0.15, 0.2) is 0 Å². The Morgan fingerprint density at radius 1 is 1.45 bits per heavy atom. The van der Waals surface area contributed by atoms with Gasteiger partial charge in [-0.05, 0) is 39.6 Å². The highest BCUT2D eigenvalue weighted by Crippen LogP contribution is 2.26. The Bertz CT molecular complexity index is 377. The van der Waals surface area contributed by atoms with Gasteiger partial charge in [-0.15, -0.1) is 0 Å². The molecule has 0 saturated heterocycles. The number of esters is 1. The molecule has 0 rings (SSSR count). The van der Waals surface area contributed by atoms with E-state index in [4.69, 9.17) is 10.2 Å². The number of hydrogen-bond acceptors (Lipinski definition) is 6. The lowest BCUT2D eigenvalue weighted by atomic mass is 9.74. The van der Waals surface area contributed by atoms with E-state index in [0.717, 1.165) is 0 Å². The molecule has 8 nitrogen and oxygen atoms in total. The average molecular weight is 287 g/mol. The van der Waals surface area contributed by atoms with Crippen molar-refractivity contribution in [1.29, 1.82) is 0 Å². The van der Waals surface area contributed by atoms with Crippen molar-refractivity contribution in [3.8, 4) is 0 Å². The van der Waals surface area contributed by atoms with E-state index in [2.05, 4.69) is 14.8 Å². The van der Waals surface area contributed by atoms with Crippen LogP contribution in [0.5, 0.6) is 0 Å². The Hall–Kier alpha value is -1.28. The van der Waals surface area contributed by atoms with Crippen LogP contribution in [0.4, 0.5) is 0 Å². The van der Waals surface area contributed by atoms with Gasteiger partial charge in [0.2, 0.25) is 0 Å². The van der Waals surface area contributed by atoms with Crippen LogP contribution in [0.25, 0.3) is 10.4 Å². The van der Waals surface area contributed by atoms with Gasteiger partial charge < -0.3 is 19.5 Å². The second-order valence-corrected chi connectivity index (χ2v) is 5.46. The lowest BCUT2D eigenvalue weighted by molar-refractivity contribution is -0.140. The van der Waals surface area contributed by atoms with E-state index in [9.17, 15) is 14.9 Å². The summed E-state index contributed by atoms with van der Waals surface area (Å²) in [6.07, 6.45) is 0.0728. The van der Waals surface area contributed by atoms with Crippen molar-refractivity contribution >= 4 is 13.1 Å². The van der Waals surface area contributed by atoms with Crippen LogP contribution in [0.1, 0.15) is 40.5 Å². The quantitative estimate of drug-likeness (QED) is 0.228. The van der Waals surface area contributed by atoms with Gasteiger partial charge in [-0.2, -0.15) is 0 Å². The van der Waals surface area contributed by atoms with Gasteiger partial charge in [0.1, 0.15) is 0 Å². The maximum atomic E-state index is 11.1. The van der Waals surface area contributed by atoms with Crippen LogP contribution in [-0.4, -0.2) is 47.5 Å². The monoisotopic (exact) mass is 287 g/mol. The molecule has 114 valence electrons. The van der Waals surface area contributed by atoms with E-state index < -0.39 is 30.2 Å². The average Bonchev–Trinajstić information content (AvgIpc) is 2.31. The number of rotatable bonds is 8. The minimum absolute atomic E-state index is 0.0104. The molecule has 2 N–H and O–H groups in total. The molecule has 0 aliphatic carbocycles. The van der Waals surface area contributed by atoms with Gasteiger partial charge in [-0.1, -0.05) is 5.11 Å². The summed E-state index contributed by atoms with van der Waals surface area (Å²) in [5, 5.41) is 23.3. The first-order valence-electron chi connectivity index (χ1n) is 6.24. The van der Waals surface area contributed by atoms with E-state index >= 15 is 0 Å². The lowest BCUT2D eigenvalue weighted by Crippen LogP contribution is -2.52. The zero-order valence-electron chi connectivity index (χ0n) is 12.5. The van der Waals surface area contributed by atoms with Crippen molar-refractivity contribution in [2.45, 2.75) is 57.7 Å². The van der Waals surface area contributed by atoms with E-state index in [1.165, 1.54) is 21.0 Å². The summed E-state index contributed by atoms with van der Waals surface area (Å²) in [7, 11) is -0.188. The van der Waals surface area contributed by atoms with Crippen molar-refractivity contribution in [1.82, 2.24) is 0 Å². The number of methoxy groups -OCH3 is 1. The van der Waals surface area contributed by atoms with Gasteiger partial charge >= 0.3 is 13.1 Å². The number of aliphatic hydroxyl groups is 1. The SMILES string of the molecule is COC(=O)CCC(N=[N+]=[N-])B(O)OC(C)(C)C(C)(C)O. The van der Waals surface area contributed by atoms with Crippen LogP contribution < -0.4 is 0 Å². The molecule has 0 heterocycles. The summed E-state index contributed by atoms with van der Waals surface area (Å²) in [5.74, 6) is -1.42. The van der Waals surface area contributed by atoms with Crippen LogP contribution in [0.2, 0.25) is 0 Å². The van der Waals surface area contributed by atoms with Crippen molar-refractivity contribution in [3.63, 3.8) is 0 Å². The Labute approximate surface area is 118 Å². The third-order valence-corrected chi connectivity index (χ3v) is 3.29. The second-order valence-electron chi connectivity index (χ2n) is 5.46. The largest absolute Gasteiger partial charge is 0.469 e. The van der Waals surface area contributed by atoms with E-state index in [1.54, 1.807) is 13.8 Å². The molecule has 0 radical (unpaired) electrons. The molecule has 1 unspecified atom stereocenters. The number of carbonyl (C=O) groups is 1. The summed E-state index contributed by atoms with van der Waals surface area (Å²) in [5.41, 5.74) is 6.21. The fourth-order valence-corrected chi connectivity index (χ4v) is 1.22. The van der Waals surface area contributed by atoms with E-state index in [1.807, 2.05) is 0 Å². The van der Waals surface area contributed by atoms with Gasteiger partial charge in [-0.3, -0.25) is 4.79 Å². The maximum absolute atomic E-state index is 11.1. The fourth-order valence-electron chi connectivity index (χ4n) is 1.22. The first-order chi connectivity index (χ1) is 9.05. The number of nitrogens with zero attached hydrogens (tertiary/aromatic N) is 3. The van der Waals surface area contributed by atoms with Crippen LogP contribution in [0.15, 0.2) is 5.11 Å². The van der Waals surface area contributed by atoms with E-state index in [0.29, 0.717) is 0 Å². The minimum Gasteiger partial charge on any atom is -0.469 e. The zero-order chi connectivity index (χ0) is 16.0. The van der Waals surface area contributed by atoms with E-state index in [-0.39, 0.29) is 12.8 Å². The number of hydrogen-bond donors (Lipinski definition) is 2. The Balaban J connectivity index is 4.77. The molecular weight excluding hydrogens is 265 g/mol. The highest BCUT2D eigenvalue weighted by molar-refractivity contribution is 6.45. The highest BCUT2D eigenvalue weighted by atomic mass is 16.6. The first-order valence-corrected chi connectivity index (χ1v) is 6.24. The third-order valence-electron chi connectivity index (χ3n) is 3.29. The molecule has 0 spiro atoms. The zero-order valence-corrected chi connectivity index (χ0v) is 12.5. The Morgan fingerprint density at radius 3 is 2.40 bits per heavy atom. The smallest absolute Gasteiger partial charge is 0.463 e. The summed E-state index contributed by atoms with van der Waals surface area (Å²) in [6.45, 7) is 6.28. The number of azide groups is 1. The molecule has 20 heavy (non-hydrogen) atoms. The summed E-state index contributed by atoms with van der Waals surface area (Å²) >= 11 is 0. The maximum Gasteiger partial charge on any atom is 0.463 e. The first kappa shape index (κ1) is 18.7. The fraction of sp³-hybridized carbons (Fsp3) is 0.909. The van der Waals surface area contributed by atoms with Crippen LogP contribution in [-0.2, 0) is 14.2 Å². The van der Waals surface area contributed by atoms with Crippen molar-refractivity contribution < 1.29 is 24.3 Å². The second kappa shape index (κ2) is 7.49. The molecule has 0 fully saturated rings. The Morgan fingerprint density at radius 2 is 2.00 bits per heavy atom. The molecule has 0 aliphatic heterocycles. The topological polar surface area (TPSA) is 125 Å². The summed E-state index contributed by atoms with van der Waals surface area (Å²) < 4.78 is 9.85. The van der Waals surface area contributed by atoms with Crippen molar-refractivity contribution in [2.24, 2.45) is 5.11 Å². The van der Waals surface area contributed by atoms with Crippen molar-refractivity contribution in [2.75, 3.05) is 7.11 Å². The molecule has 0 bridgehead atoms. The predicted octanol–water partition coefficient (Wildman–Crippen LogP) is 1.20. The summed E-state index contributed by atoms with van der Waals surface area (Å²) in [4.78, 5) is 13.7. The molecule has 0 aromatic carbocycles. The molecule has 0 aromatic heterocycles. The normalized spacial score (nSPS) is 13.3. The van der Waals surface area contributed by atoms with Crippen LogP contribution in [0.3, 0.4) is 0 Å². The molecule has 0 aromatic rings. The van der Waals surface area contributed by atoms with Crippen LogP contribution >= 0.6 is 0 Å². The molecule has 0 saturated carbocycles. The van der Waals surface area contributed by atoms with Gasteiger partial charge in [0.05, 0.1) is 24.3 Å². The minimum atomic E-state index is -1.43. The number of ether oxygens (including phenoxy) is 1. The van der Waals surface area contributed by atoms with Crippen LogP contribution in [0, 0.1) is 0 Å². The molecule has 0 amide bonds. The molecule has 1 atom stereocenters. The van der Waals surface area contributed by atoms with Gasteiger partial charge in [0, 0.05) is 11.3 Å². The standard InChI is InChI=1S/C11H22BN3O5/c1-10(2,17)11(3,4)20-12(18)8(14-15-13)6-7-9(16)19-5/h8,17-18H,6-7H2,1-5H3. The molecule has 9 heteroatoms. The lowest BCUT2D eigenvalue weighted by Gasteiger charge is -2.39. The van der Waals surface area contributed by atoms with Crippen molar-refractivity contribution in [3.05, 3.63) is 10.4 Å². The third kappa shape index (κ3) is 5.79. The number of carbonyl (C=O) groups excluding carboxylic acids is 1. The molecular formula is C11H22BN3O5. The predicted molar refractivity (Wildman–Crippen MR) is 73.6 cm³/mol. The molecule has 0 aliphatic rings. The van der Waals surface area contributed by atoms with Gasteiger partial charge in [-0.25, -0.2) is 0 Å².